The molecule has 1 saturated carbocycles. The smallest absolute Gasteiger partial charge is 0.188 e. The molecule has 1 unspecified atom stereocenters. The number of carbonyl (C=O) groups is 1. The Morgan fingerprint density at radius 3 is 2.84 bits per heavy atom. The van der Waals surface area contributed by atoms with Gasteiger partial charge in [0.05, 0.1) is 11.9 Å². The number of ether oxygens (including phenoxy) is 1. The Morgan fingerprint density at radius 1 is 1.19 bits per heavy atom. The summed E-state index contributed by atoms with van der Waals surface area (Å²) in [6.45, 7) is 5.65. The number of hydrogen-bond acceptors (Lipinski definition) is 6. The summed E-state index contributed by atoms with van der Waals surface area (Å²) in [5, 5.41) is 4.38. The summed E-state index contributed by atoms with van der Waals surface area (Å²) in [5.74, 6) is 1.72. The number of ketones is 1. The molecule has 5 rings (SSSR count). The first kappa shape index (κ1) is 20.6. The number of anilines is 1. The molecule has 8 heteroatoms. The van der Waals surface area contributed by atoms with Crippen LogP contribution in [0.15, 0.2) is 43.0 Å². The highest BCUT2D eigenvalue weighted by Gasteiger charge is 2.44. The number of nitrogens with zero attached hydrogens (tertiary/aromatic N) is 5. The molecule has 1 atom stereocenters. The van der Waals surface area contributed by atoms with E-state index in [1.807, 2.05) is 24.6 Å². The topological polar surface area (TPSA) is 73.1 Å². The fraction of sp³-hybridized carbons (Fsp3) is 0.417. The van der Waals surface area contributed by atoms with Crippen LogP contribution >= 0.6 is 0 Å². The first-order valence-electron chi connectivity index (χ1n) is 11.0. The van der Waals surface area contributed by atoms with Crippen LogP contribution in [0.4, 0.5) is 10.2 Å². The highest BCUT2D eigenvalue weighted by Crippen LogP contribution is 2.46. The highest BCUT2D eigenvalue weighted by atomic mass is 19.1. The van der Waals surface area contributed by atoms with Crippen LogP contribution in [0.25, 0.3) is 11.3 Å². The summed E-state index contributed by atoms with van der Waals surface area (Å²) in [4.78, 5) is 22.7. The molecular formula is C24H26FN5O2. The van der Waals surface area contributed by atoms with Crippen LogP contribution in [0.5, 0.6) is 11.5 Å². The predicted octanol–water partition coefficient (Wildman–Crippen LogP) is 4.80. The van der Waals surface area contributed by atoms with Gasteiger partial charge in [-0.2, -0.15) is 5.10 Å². The SMILES string of the molecule is CC(C)n1nccc1-c1cc(F)ccc1Oc1cncnc1N1CCC2(CCC(=O)C2)C1. The lowest BCUT2D eigenvalue weighted by atomic mass is 9.85. The van der Waals surface area contributed by atoms with Crippen LogP contribution in [-0.4, -0.2) is 38.6 Å². The Morgan fingerprint density at radius 2 is 2.06 bits per heavy atom. The van der Waals surface area contributed by atoms with Crippen LogP contribution in [0.3, 0.4) is 0 Å². The van der Waals surface area contributed by atoms with E-state index in [0.717, 1.165) is 31.6 Å². The van der Waals surface area contributed by atoms with E-state index in [1.54, 1.807) is 18.5 Å². The molecule has 2 aromatic heterocycles. The molecule has 0 amide bonds. The van der Waals surface area contributed by atoms with Crippen LogP contribution in [0.2, 0.25) is 0 Å². The van der Waals surface area contributed by atoms with Crippen molar-refractivity contribution in [1.82, 2.24) is 19.7 Å². The molecule has 1 aliphatic heterocycles. The number of Topliss-reactive ketones (excluding diaryl/α,β-unsaturated/α-hetero) is 1. The Labute approximate surface area is 186 Å². The van der Waals surface area contributed by atoms with Crippen molar-refractivity contribution in [2.24, 2.45) is 5.41 Å². The minimum absolute atomic E-state index is 0.0457. The van der Waals surface area contributed by atoms with Gasteiger partial charge in [-0.05, 0) is 56.4 Å². The molecule has 2 aliphatic rings. The molecule has 7 nitrogen and oxygen atoms in total. The van der Waals surface area contributed by atoms with Crippen molar-refractivity contribution in [2.45, 2.75) is 45.6 Å². The van der Waals surface area contributed by atoms with Gasteiger partial charge in [-0.15, -0.1) is 0 Å². The molecule has 0 radical (unpaired) electrons. The van der Waals surface area contributed by atoms with Gasteiger partial charge in [0.25, 0.3) is 0 Å². The Hall–Kier alpha value is -3.29. The second-order valence-corrected chi connectivity index (χ2v) is 9.09. The Kier molecular flexibility index (Phi) is 5.15. The van der Waals surface area contributed by atoms with E-state index in [0.29, 0.717) is 41.5 Å². The summed E-state index contributed by atoms with van der Waals surface area (Å²) in [6.07, 6.45) is 8.07. The van der Waals surface area contributed by atoms with Gasteiger partial charge in [-0.3, -0.25) is 9.48 Å². The number of hydrogen-bond donors (Lipinski definition) is 0. The predicted molar refractivity (Wildman–Crippen MR) is 118 cm³/mol. The molecule has 0 N–H and O–H groups in total. The van der Waals surface area contributed by atoms with Gasteiger partial charge in [0.1, 0.15) is 23.7 Å². The third-order valence-corrected chi connectivity index (χ3v) is 6.50. The normalized spacial score (nSPS) is 20.6. The fourth-order valence-electron chi connectivity index (χ4n) is 4.93. The average molecular weight is 436 g/mol. The van der Waals surface area contributed by atoms with Crippen molar-refractivity contribution in [3.8, 4) is 22.8 Å². The first-order valence-corrected chi connectivity index (χ1v) is 11.0. The van der Waals surface area contributed by atoms with Gasteiger partial charge in [-0.1, -0.05) is 0 Å². The van der Waals surface area contributed by atoms with Crippen molar-refractivity contribution in [1.29, 1.82) is 0 Å². The van der Waals surface area contributed by atoms with Crippen molar-refractivity contribution >= 4 is 11.6 Å². The van der Waals surface area contributed by atoms with Gasteiger partial charge >= 0.3 is 0 Å². The molecule has 1 spiro atoms. The fourth-order valence-corrected chi connectivity index (χ4v) is 4.93. The molecule has 3 heterocycles. The number of benzene rings is 1. The van der Waals surface area contributed by atoms with Gasteiger partial charge < -0.3 is 9.64 Å². The molecule has 166 valence electrons. The summed E-state index contributed by atoms with van der Waals surface area (Å²) >= 11 is 0. The van der Waals surface area contributed by atoms with Gasteiger partial charge in [0, 0.05) is 43.7 Å². The average Bonchev–Trinajstić information content (AvgIpc) is 3.50. The molecule has 1 aromatic carbocycles. The number of rotatable bonds is 5. The first-order chi connectivity index (χ1) is 15.4. The molecule has 2 fully saturated rings. The maximum Gasteiger partial charge on any atom is 0.188 e. The maximum absolute atomic E-state index is 14.2. The van der Waals surface area contributed by atoms with Gasteiger partial charge in [-0.25, -0.2) is 14.4 Å². The van der Waals surface area contributed by atoms with Crippen molar-refractivity contribution in [3.63, 3.8) is 0 Å². The monoisotopic (exact) mass is 435 g/mol. The summed E-state index contributed by atoms with van der Waals surface area (Å²) in [5.41, 5.74) is 1.44. The van der Waals surface area contributed by atoms with Crippen LogP contribution in [0.1, 0.15) is 45.6 Å². The molecule has 1 aliphatic carbocycles. The molecule has 3 aromatic rings. The summed E-state index contributed by atoms with van der Waals surface area (Å²) in [7, 11) is 0. The van der Waals surface area contributed by atoms with Gasteiger partial charge in [0.2, 0.25) is 0 Å². The lowest BCUT2D eigenvalue weighted by Crippen LogP contribution is -2.26. The standard InChI is InChI=1S/C24H26FN5O2/c1-16(2)30-20(6-9-28-30)19-11-17(25)3-4-21(19)32-22-13-26-15-27-23(22)29-10-8-24(14-29)7-5-18(31)12-24/h3-4,6,9,11,13,15-16H,5,7-8,10,12,14H2,1-2H3. The van der Waals surface area contributed by atoms with E-state index in [4.69, 9.17) is 4.74 Å². The van der Waals surface area contributed by atoms with E-state index in [9.17, 15) is 9.18 Å². The quantitative estimate of drug-likeness (QED) is 0.573. The minimum atomic E-state index is -0.347. The third-order valence-electron chi connectivity index (χ3n) is 6.50. The minimum Gasteiger partial charge on any atom is -0.451 e. The molecule has 1 saturated heterocycles. The number of carbonyl (C=O) groups excluding carboxylic acids is 1. The molecule has 32 heavy (non-hydrogen) atoms. The van der Waals surface area contributed by atoms with E-state index < -0.39 is 0 Å². The molecular weight excluding hydrogens is 409 g/mol. The largest absolute Gasteiger partial charge is 0.451 e. The van der Waals surface area contributed by atoms with E-state index in [1.165, 1.54) is 18.5 Å². The lowest BCUT2D eigenvalue weighted by Gasteiger charge is -2.24. The van der Waals surface area contributed by atoms with Crippen LogP contribution in [0, 0.1) is 11.2 Å². The highest BCUT2D eigenvalue weighted by molar-refractivity contribution is 5.81. The Bertz CT molecular complexity index is 1160. The molecule has 0 bridgehead atoms. The summed E-state index contributed by atoms with van der Waals surface area (Å²) in [6, 6.07) is 6.43. The second-order valence-electron chi connectivity index (χ2n) is 9.09. The maximum atomic E-state index is 14.2. The van der Waals surface area contributed by atoms with E-state index in [-0.39, 0.29) is 17.3 Å². The zero-order valence-electron chi connectivity index (χ0n) is 18.3. The van der Waals surface area contributed by atoms with Crippen LogP contribution < -0.4 is 9.64 Å². The van der Waals surface area contributed by atoms with Crippen molar-refractivity contribution < 1.29 is 13.9 Å². The van der Waals surface area contributed by atoms with Gasteiger partial charge in [0.15, 0.2) is 11.6 Å². The zero-order chi connectivity index (χ0) is 22.3. The van der Waals surface area contributed by atoms with E-state index in [2.05, 4.69) is 20.0 Å². The van der Waals surface area contributed by atoms with E-state index >= 15 is 0 Å². The van der Waals surface area contributed by atoms with Crippen molar-refractivity contribution in [2.75, 3.05) is 18.0 Å². The summed E-state index contributed by atoms with van der Waals surface area (Å²) < 4.78 is 22.3. The number of aromatic nitrogens is 4. The lowest BCUT2D eigenvalue weighted by molar-refractivity contribution is -0.117. The van der Waals surface area contributed by atoms with Crippen molar-refractivity contribution in [3.05, 3.63) is 48.8 Å². The van der Waals surface area contributed by atoms with Crippen LogP contribution in [-0.2, 0) is 4.79 Å². The second kappa shape index (κ2) is 8.00. The number of halogens is 1. The Balaban J connectivity index is 1.48. The third kappa shape index (κ3) is 3.74. The zero-order valence-corrected chi connectivity index (χ0v) is 18.3.